The van der Waals surface area contributed by atoms with Crippen LogP contribution in [0.5, 0.6) is 0 Å². The van der Waals surface area contributed by atoms with E-state index in [0.29, 0.717) is 25.8 Å². The molecule has 1 unspecified atom stereocenters. The van der Waals surface area contributed by atoms with Gasteiger partial charge in [0, 0.05) is 12.5 Å². The number of hydrogen-bond donors (Lipinski definition) is 6. The molecule has 1 saturated carbocycles. The van der Waals surface area contributed by atoms with Gasteiger partial charge in [-0.15, -0.1) is 0 Å². The van der Waals surface area contributed by atoms with E-state index in [1.54, 1.807) is 6.92 Å². The highest BCUT2D eigenvalue weighted by molar-refractivity contribution is 5.03. The Morgan fingerprint density at radius 2 is 1.97 bits per heavy atom. The van der Waals surface area contributed by atoms with Gasteiger partial charge in [-0.2, -0.15) is 0 Å². The van der Waals surface area contributed by atoms with Crippen LogP contribution in [-0.2, 0) is 18.9 Å². The largest absolute Gasteiger partial charge is 0.467 e. The van der Waals surface area contributed by atoms with Crippen molar-refractivity contribution in [1.82, 2.24) is 5.32 Å². The van der Waals surface area contributed by atoms with Crippen LogP contribution in [0.1, 0.15) is 32.6 Å². The van der Waals surface area contributed by atoms with Crippen molar-refractivity contribution in [3.63, 3.8) is 0 Å². The summed E-state index contributed by atoms with van der Waals surface area (Å²) in [6.07, 6.45) is -1.32. The molecule has 0 spiro atoms. The lowest BCUT2D eigenvalue weighted by Gasteiger charge is -2.44. The molecule has 1 saturated heterocycles. The van der Waals surface area contributed by atoms with Gasteiger partial charge in [-0.05, 0) is 39.3 Å². The highest BCUT2D eigenvalue weighted by Crippen LogP contribution is 2.31. The van der Waals surface area contributed by atoms with E-state index in [1.165, 1.54) is 0 Å². The Labute approximate surface area is 171 Å². The maximum Gasteiger partial charge on any atom is 0.215 e. The number of aliphatic hydroxyl groups is 3. The molecule has 0 bridgehead atoms. The Kier molecular flexibility index (Phi) is 7.52. The molecule has 2 fully saturated rings. The van der Waals surface area contributed by atoms with Crippen LogP contribution >= 0.6 is 0 Å². The summed E-state index contributed by atoms with van der Waals surface area (Å²) < 4.78 is 23.1. The minimum absolute atomic E-state index is 0.0258. The van der Waals surface area contributed by atoms with E-state index in [9.17, 15) is 15.3 Å². The van der Waals surface area contributed by atoms with Crippen LogP contribution in [0.15, 0.2) is 11.8 Å². The minimum atomic E-state index is -1.12. The third-order valence-corrected chi connectivity index (χ3v) is 5.63. The van der Waals surface area contributed by atoms with E-state index < -0.39 is 48.6 Å². The van der Waals surface area contributed by atoms with Gasteiger partial charge in [0.15, 0.2) is 6.29 Å². The van der Waals surface area contributed by atoms with E-state index >= 15 is 0 Å². The van der Waals surface area contributed by atoms with Crippen LogP contribution in [0, 0.1) is 0 Å². The summed E-state index contributed by atoms with van der Waals surface area (Å²) in [4.78, 5) is 0. The van der Waals surface area contributed by atoms with Gasteiger partial charge in [0.1, 0.15) is 24.1 Å². The Balaban J connectivity index is 1.60. The normalized spacial score (nSPS) is 46.1. The van der Waals surface area contributed by atoms with Gasteiger partial charge in [0.2, 0.25) is 6.29 Å². The molecule has 8 N–H and O–H groups in total. The van der Waals surface area contributed by atoms with E-state index in [-0.39, 0.29) is 19.1 Å². The predicted octanol–water partition coefficient (Wildman–Crippen LogP) is -1.73. The standard InChI is InChI=1S/C19H35N3O7/c1-19(25)7-13(23)18(26-9-19)29-16-11(20)5-6-14(15(16)24)28-17-12(21)4-3-10(27-17)8-22-2/h3,11-18,22-25H,4-9,20-21H2,1-2H3/t11-,12-,13-,14-,15?,16+,17-,18-,19-/m1/s1. The first kappa shape index (κ1) is 22.9. The molecule has 10 nitrogen and oxygen atoms in total. The molecule has 9 atom stereocenters. The third kappa shape index (κ3) is 5.66. The maximum absolute atomic E-state index is 10.9. The van der Waals surface area contributed by atoms with Gasteiger partial charge in [-0.25, -0.2) is 0 Å². The summed E-state index contributed by atoms with van der Waals surface area (Å²) in [5.41, 5.74) is 11.2. The highest BCUT2D eigenvalue weighted by Gasteiger charge is 2.45. The molecule has 0 amide bonds. The number of nitrogens with one attached hydrogen (secondary N) is 1. The lowest BCUT2D eigenvalue weighted by atomic mass is 9.87. The van der Waals surface area contributed by atoms with Gasteiger partial charge >= 0.3 is 0 Å². The van der Waals surface area contributed by atoms with Gasteiger partial charge < -0.3 is 51.1 Å². The van der Waals surface area contributed by atoms with Gasteiger partial charge in [0.25, 0.3) is 0 Å². The molecule has 168 valence electrons. The number of hydrogen-bond acceptors (Lipinski definition) is 10. The van der Waals surface area contributed by atoms with E-state index in [2.05, 4.69) is 5.32 Å². The van der Waals surface area contributed by atoms with Crippen molar-refractivity contribution in [2.45, 2.75) is 87.3 Å². The van der Waals surface area contributed by atoms with E-state index in [0.717, 1.165) is 5.76 Å². The third-order valence-electron chi connectivity index (χ3n) is 5.63. The van der Waals surface area contributed by atoms with Crippen molar-refractivity contribution < 1.29 is 34.3 Å². The van der Waals surface area contributed by atoms with Crippen LogP contribution in [0.4, 0.5) is 0 Å². The average Bonchev–Trinajstić information content (AvgIpc) is 2.65. The molecule has 3 rings (SSSR count). The van der Waals surface area contributed by atoms with Crippen LogP contribution in [-0.4, -0.2) is 90.2 Å². The smallest absolute Gasteiger partial charge is 0.215 e. The fourth-order valence-electron chi connectivity index (χ4n) is 4.00. The molecular weight excluding hydrogens is 382 g/mol. The fourth-order valence-corrected chi connectivity index (χ4v) is 4.00. The van der Waals surface area contributed by atoms with Crippen molar-refractivity contribution in [3.05, 3.63) is 11.8 Å². The predicted molar refractivity (Wildman–Crippen MR) is 103 cm³/mol. The van der Waals surface area contributed by atoms with Crippen molar-refractivity contribution in [3.8, 4) is 0 Å². The van der Waals surface area contributed by atoms with Crippen molar-refractivity contribution in [1.29, 1.82) is 0 Å². The van der Waals surface area contributed by atoms with Crippen LogP contribution < -0.4 is 16.8 Å². The first-order valence-electron chi connectivity index (χ1n) is 10.2. The van der Waals surface area contributed by atoms with Crippen LogP contribution in [0.25, 0.3) is 0 Å². The van der Waals surface area contributed by atoms with Gasteiger partial charge in [0.05, 0.1) is 30.9 Å². The molecule has 0 aromatic carbocycles. The molecule has 0 radical (unpaired) electrons. The lowest BCUT2D eigenvalue weighted by Crippen LogP contribution is -2.59. The lowest BCUT2D eigenvalue weighted by molar-refractivity contribution is -0.295. The van der Waals surface area contributed by atoms with Crippen molar-refractivity contribution >= 4 is 0 Å². The summed E-state index contributed by atoms with van der Waals surface area (Å²) >= 11 is 0. The second-order valence-corrected chi connectivity index (χ2v) is 8.54. The van der Waals surface area contributed by atoms with Crippen LogP contribution in [0.3, 0.4) is 0 Å². The van der Waals surface area contributed by atoms with Crippen molar-refractivity contribution in [2.75, 3.05) is 20.2 Å². The summed E-state index contributed by atoms with van der Waals surface area (Å²) in [5, 5.41) is 34.1. The van der Waals surface area contributed by atoms with E-state index in [4.69, 9.17) is 30.4 Å². The Bertz CT molecular complexity index is 576. The Morgan fingerprint density at radius 1 is 1.21 bits per heavy atom. The molecular formula is C19H35N3O7. The fraction of sp³-hybridized carbons (Fsp3) is 0.895. The molecule has 1 aliphatic carbocycles. The zero-order valence-electron chi connectivity index (χ0n) is 17.1. The second kappa shape index (κ2) is 9.54. The summed E-state index contributed by atoms with van der Waals surface area (Å²) in [6, 6.07) is -0.785. The van der Waals surface area contributed by atoms with Gasteiger partial charge in [-0.3, -0.25) is 0 Å². The summed E-state index contributed by atoms with van der Waals surface area (Å²) in [6.45, 7) is 2.18. The second-order valence-electron chi connectivity index (χ2n) is 8.54. The topological polar surface area (TPSA) is 162 Å². The van der Waals surface area contributed by atoms with Crippen molar-refractivity contribution in [2.24, 2.45) is 11.5 Å². The summed E-state index contributed by atoms with van der Waals surface area (Å²) in [7, 11) is 1.82. The highest BCUT2D eigenvalue weighted by atomic mass is 16.7. The molecule has 0 aromatic rings. The minimum Gasteiger partial charge on any atom is -0.467 e. The summed E-state index contributed by atoms with van der Waals surface area (Å²) in [5.74, 6) is 0.750. The van der Waals surface area contributed by atoms with E-state index in [1.807, 2.05) is 13.1 Å². The molecule has 0 aromatic heterocycles. The average molecular weight is 418 g/mol. The molecule has 29 heavy (non-hydrogen) atoms. The number of nitrogens with two attached hydrogens (primary N) is 2. The maximum atomic E-state index is 10.9. The zero-order chi connectivity index (χ0) is 21.2. The monoisotopic (exact) mass is 417 g/mol. The number of aliphatic hydroxyl groups excluding tert-OH is 2. The van der Waals surface area contributed by atoms with Crippen LogP contribution in [0.2, 0.25) is 0 Å². The Hall–Kier alpha value is -0.820. The molecule has 3 aliphatic rings. The Morgan fingerprint density at radius 3 is 2.66 bits per heavy atom. The number of likely N-dealkylation sites (N-methyl/N-ethyl adjacent to an activating group) is 1. The zero-order valence-corrected chi connectivity index (χ0v) is 17.1. The molecule has 10 heteroatoms. The molecule has 2 heterocycles. The number of rotatable bonds is 6. The number of ether oxygens (including phenoxy) is 4. The molecule has 2 aliphatic heterocycles. The first-order valence-corrected chi connectivity index (χ1v) is 10.2. The SMILES string of the molecule is CNCC1=CC[C@@H](N)[C@@H](O[C@@H]2CC[C@@H](N)[C@H](O[C@H]3OC[C@](C)(O)C[C@H]3O)C2O)O1. The first-order chi connectivity index (χ1) is 13.7. The quantitative estimate of drug-likeness (QED) is 0.293. The van der Waals surface area contributed by atoms with Gasteiger partial charge in [-0.1, -0.05) is 0 Å².